The maximum absolute atomic E-state index is 14.3. The predicted octanol–water partition coefficient (Wildman–Crippen LogP) is 10.7. The lowest BCUT2D eigenvalue weighted by molar-refractivity contribution is -0.182. The van der Waals surface area contributed by atoms with E-state index in [0.29, 0.717) is 18.6 Å². The first-order valence-electron chi connectivity index (χ1n) is 16.9. The Morgan fingerprint density at radius 1 is 0.773 bits per heavy atom. The number of benzene rings is 1. The summed E-state index contributed by atoms with van der Waals surface area (Å²) in [5, 5.41) is 0. The molecule has 1 aliphatic heterocycles. The van der Waals surface area contributed by atoms with Crippen LogP contribution in [0.2, 0.25) is 0 Å². The Hall–Kier alpha value is -1.68. The number of carbonyl (C=O) groups is 2. The highest BCUT2D eigenvalue weighted by Gasteiger charge is 2.64. The third-order valence-corrected chi connectivity index (χ3v) is 12.8. The van der Waals surface area contributed by atoms with Crippen LogP contribution in [0.25, 0.3) is 0 Å². The molecule has 0 aliphatic carbocycles. The van der Waals surface area contributed by atoms with Crippen LogP contribution in [0.1, 0.15) is 148 Å². The van der Waals surface area contributed by atoms with Crippen molar-refractivity contribution in [2.75, 3.05) is 13.7 Å². The van der Waals surface area contributed by atoms with Crippen LogP contribution in [0.5, 0.6) is 0 Å². The fourth-order valence-corrected chi connectivity index (χ4v) is 8.87. The molecule has 0 saturated carbocycles. The summed E-state index contributed by atoms with van der Waals surface area (Å²) in [6, 6.07) is 10.8. The van der Waals surface area contributed by atoms with Crippen LogP contribution < -0.4 is 0 Å². The second-order valence-electron chi connectivity index (χ2n) is 19.1. The van der Waals surface area contributed by atoms with E-state index in [2.05, 4.69) is 141 Å². The summed E-state index contributed by atoms with van der Waals surface area (Å²) >= 11 is 0. The lowest BCUT2D eigenvalue weighted by atomic mass is 9.41. The predicted molar refractivity (Wildman–Crippen MR) is 185 cm³/mol. The average Bonchev–Trinajstić information content (AvgIpc) is 3.69. The molecule has 0 N–H and O–H groups in total. The van der Waals surface area contributed by atoms with Gasteiger partial charge in [0.2, 0.25) is 0 Å². The number of ketones is 1. The van der Waals surface area contributed by atoms with Gasteiger partial charge in [-0.3, -0.25) is 9.59 Å². The van der Waals surface area contributed by atoms with Crippen molar-refractivity contribution in [3.63, 3.8) is 0 Å². The second-order valence-corrected chi connectivity index (χ2v) is 19.1. The van der Waals surface area contributed by atoms with Crippen LogP contribution in [-0.4, -0.2) is 31.6 Å². The monoisotopic (exact) mass is 613 g/mol. The van der Waals surface area contributed by atoms with Crippen molar-refractivity contribution in [2.45, 2.75) is 148 Å². The molecule has 1 aromatic carbocycles. The molecule has 44 heavy (non-hydrogen) atoms. The molecule has 1 aliphatic rings. The Labute approximate surface area is 271 Å². The summed E-state index contributed by atoms with van der Waals surface area (Å²) in [5.41, 5.74) is -1.92. The maximum atomic E-state index is 14.3. The topological polar surface area (TPSA) is 55.9 Å². The van der Waals surface area contributed by atoms with Crippen LogP contribution >= 0.6 is 0 Å². The highest BCUT2D eigenvalue weighted by molar-refractivity contribution is 5.85. The van der Waals surface area contributed by atoms with Crippen LogP contribution in [0.15, 0.2) is 30.3 Å². The minimum Gasteiger partial charge on any atom is -0.469 e. The standard InChI is InChI=1S/C40H68O4/c1-33(2,3)26-39(15,30(41)24-23-29-25-44-29)37(11,12)35(7,8)27-40(16,32(42)43-17)38(13,14)36(9,10)31(34(4,5)6)28-21-19-18-20-22-28/h18-22,29,31H,23-27H2,1-17H3. The highest BCUT2D eigenvalue weighted by Crippen LogP contribution is 2.67. The van der Waals surface area contributed by atoms with E-state index in [-0.39, 0.29) is 34.2 Å². The van der Waals surface area contributed by atoms with Gasteiger partial charge in [-0.1, -0.05) is 134 Å². The van der Waals surface area contributed by atoms with E-state index in [0.717, 1.165) is 19.4 Å². The smallest absolute Gasteiger partial charge is 0.312 e. The molecule has 1 fully saturated rings. The minimum absolute atomic E-state index is 0.0453. The molecular formula is C40H68O4. The summed E-state index contributed by atoms with van der Waals surface area (Å²) in [7, 11) is 1.52. The van der Waals surface area contributed by atoms with Gasteiger partial charge in [-0.2, -0.15) is 0 Å². The molecule has 0 amide bonds. The van der Waals surface area contributed by atoms with Gasteiger partial charge < -0.3 is 9.47 Å². The zero-order valence-corrected chi connectivity index (χ0v) is 31.7. The molecular weight excluding hydrogens is 544 g/mol. The SMILES string of the molecule is COC(=O)C(C)(CC(C)(C)C(C)(C)C(C)(CC(C)(C)C)C(=O)CCC1CO1)C(C)(C)C(C)(C)C(c1ccccc1)C(C)(C)C. The van der Waals surface area contributed by atoms with Crippen molar-refractivity contribution in [1.29, 1.82) is 0 Å². The fraction of sp³-hybridized carbons (Fsp3) is 0.800. The molecule has 0 spiro atoms. The van der Waals surface area contributed by atoms with Crippen LogP contribution in [0, 0.1) is 43.3 Å². The van der Waals surface area contributed by atoms with Gasteiger partial charge in [0.15, 0.2) is 0 Å². The molecule has 0 aromatic heterocycles. The molecule has 4 heteroatoms. The Balaban J connectivity index is 2.71. The second kappa shape index (κ2) is 12.5. The molecule has 4 atom stereocenters. The first kappa shape index (κ1) is 38.5. The number of methoxy groups -OCH3 is 1. The van der Waals surface area contributed by atoms with Gasteiger partial charge in [-0.05, 0) is 70.2 Å². The molecule has 1 saturated heterocycles. The van der Waals surface area contributed by atoms with Crippen LogP contribution in [0.4, 0.5) is 0 Å². The van der Waals surface area contributed by atoms with Gasteiger partial charge in [0, 0.05) is 11.8 Å². The molecule has 252 valence electrons. The number of ether oxygens (including phenoxy) is 2. The largest absolute Gasteiger partial charge is 0.469 e. The van der Waals surface area contributed by atoms with Crippen molar-refractivity contribution in [3.8, 4) is 0 Å². The Morgan fingerprint density at radius 2 is 1.27 bits per heavy atom. The third-order valence-electron chi connectivity index (χ3n) is 12.8. The molecule has 4 nitrogen and oxygen atoms in total. The number of epoxide rings is 1. The van der Waals surface area contributed by atoms with E-state index in [1.807, 2.05) is 0 Å². The molecule has 4 unspecified atom stereocenters. The molecule has 1 aromatic rings. The Kier molecular flexibility index (Phi) is 10.9. The van der Waals surface area contributed by atoms with E-state index in [1.54, 1.807) is 0 Å². The summed E-state index contributed by atoms with van der Waals surface area (Å²) in [6.07, 6.45) is 2.88. The first-order chi connectivity index (χ1) is 19.6. The van der Waals surface area contributed by atoms with Gasteiger partial charge in [0.25, 0.3) is 0 Å². The van der Waals surface area contributed by atoms with Crippen LogP contribution in [0.3, 0.4) is 0 Å². The quantitative estimate of drug-likeness (QED) is 0.155. The van der Waals surface area contributed by atoms with Crippen molar-refractivity contribution < 1.29 is 19.1 Å². The van der Waals surface area contributed by atoms with E-state index in [4.69, 9.17) is 9.47 Å². The van der Waals surface area contributed by atoms with E-state index in [9.17, 15) is 9.59 Å². The number of Topliss-reactive ketones (excluding diaryl/α,β-unsaturated/α-hetero) is 1. The minimum atomic E-state index is -0.849. The van der Waals surface area contributed by atoms with E-state index < -0.39 is 27.1 Å². The van der Waals surface area contributed by atoms with Gasteiger partial charge >= 0.3 is 5.97 Å². The Morgan fingerprint density at radius 3 is 1.68 bits per heavy atom. The van der Waals surface area contributed by atoms with Gasteiger partial charge in [-0.15, -0.1) is 0 Å². The van der Waals surface area contributed by atoms with Gasteiger partial charge in [0.05, 0.1) is 25.2 Å². The summed E-state index contributed by atoms with van der Waals surface area (Å²) in [5.74, 6) is 0.288. The molecule has 0 bridgehead atoms. The molecule has 2 rings (SSSR count). The van der Waals surface area contributed by atoms with Crippen LogP contribution in [-0.2, 0) is 19.1 Å². The van der Waals surface area contributed by atoms with E-state index in [1.165, 1.54) is 12.7 Å². The van der Waals surface area contributed by atoms with E-state index >= 15 is 0 Å². The molecule has 1 heterocycles. The number of hydrogen-bond donors (Lipinski definition) is 0. The molecule has 0 radical (unpaired) electrons. The van der Waals surface area contributed by atoms with Gasteiger partial charge in [0.1, 0.15) is 5.78 Å². The van der Waals surface area contributed by atoms with Crippen molar-refractivity contribution in [3.05, 3.63) is 35.9 Å². The van der Waals surface area contributed by atoms with Crippen molar-refractivity contribution >= 4 is 11.8 Å². The maximum Gasteiger partial charge on any atom is 0.312 e. The third kappa shape index (κ3) is 7.31. The zero-order valence-electron chi connectivity index (χ0n) is 31.7. The summed E-state index contributed by atoms with van der Waals surface area (Å²) < 4.78 is 11.2. The lowest BCUT2D eigenvalue weighted by Gasteiger charge is -2.61. The highest BCUT2D eigenvalue weighted by atomic mass is 16.6. The summed E-state index contributed by atoms with van der Waals surface area (Å²) in [4.78, 5) is 28.5. The summed E-state index contributed by atoms with van der Waals surface area (Å²) in [6.45, 7) is 37.0. The average molecular weight is 613 g/mol. The number of carbonyl (C=O) groups excluding carboxylic acids is 2. The first-order valence-corrected chi connectivity index (χ1v) is 16.9. The van der Waals surface area contributed by atoms with Crippen molar-refractivity contribution in [2.24, 2.45) is 43.3 Å². The van der Waals surface area contributed by atoms with Gasteiger partial charge in [-0.25, -0.2) is 0 Å². The normalized spacial score (nSPS) is 20.3. The zero-order chi connectivity index (χ0) is 34.4. The number of esters is 1. The van der Waals surface area contributed by atoms with Crippen molar-refractivity contribution in [1.82, 2.24) is 0 Å². The fourth-order valence-electron chi connectivity index (χ4n) is 8.87. The lowest BCUT2D eigenvalue weighted by Crippen LogP contribution is -2.59. The Bertz CT molecular complexity index is 1140. The number of hydrogen-bond acceptors (Lipinski definition) is 4. The number of rotatable bonds is 14.